The maximum absolute atomic E-state index is 14.0. The Morgan fingerprint density at radius 2 is 1.66 bits per heavy atom. The number of hydrogen-bond donors (Lipinski definition) is 3. The number of carbonyl (C=O) groups excluding carboxylic acids is 2. The first kappa shape index (κ1) is 45.2. The standard InChI is InChI=1S/C46H58F3N9O6S/c1-28-22-31(8-9-34(28)51-42-50-25-33(46(47,48)49)40(53-42)57-19-14-30(27-57)44(2,3)62)65(63,64)32-23-45(24-32)15-20-55(21-16-45)26-29-12-17-56(18-13-29)35-6-5-7-36-39(35)54(4)43(61)58(36)37-10-11-38(59)52-41(37)60/h5-9,22,25,29-30,32,37,62H,10-21,23-24,26-27H2,1-4H3,(H,50,51,53)(H,52,59,60)/t30-,37?/m1/s1. The van der Waals surface area contributed by atoms with Crippen molar-refractivity contribution in [2.75, 3.05) is 60.9 Å². The molecule has 0 radical (unpaired) electrons. The summed E-state index contributed by atoms with van der Waals surface area (Å²) in [4.78, 5) is 52.8. The number of hydrogen-bond acceptors (Lipinski definition) is 12. The summed E-state index contributed by atoms with van der Waals surface area (Å²) in [5.41, 5.74) is 1.24. The first-order valence-corrected chi connectivity index (χ1v) is 24.3. The highest BCUT2D eigenvalue weighted by atomic mass is 32.2. The average Bonchev–Trinajstić information content (AvgIpc) is 3.85. The first-order chi connectivity index (χ1) is 30.7. The molecule has 2 atom stereocenters. The van der Waals surface area contributed by atoms with Gasteiger partial charge in [-0.1, -0.05) is 6.07 Å². The van der Waals surface area contributed by atoms with Gasteiger partial charge < -0.3 is 25.1 Å². The Balaban J connectivity index is 0.776. The lowest BCUT2D eigenvalue weighted by atomic mass is 9.63. The van der Waals surface area contributed by atoms with Crippen molar-refractivity contribution < 1.29 is 36.3 Å². The van der Waals surface area contributed by atoms with E-state index >= 15 is 0 Å². The largest absolute Gasteiger partial charge is 0.421 e. The van der Waals surface area contributed by atoms with E-state index in [-0.39, 0.29) is 59.0 Å². The molecule has 65 heavy (non-hydrogen) atoms. The fourth-order valence-corrected chi connectivity index (χ4v) is 13.2. The number of carbonyl (C=O) groups is 2. The van der Waals surface area contributed by atoms with Gasteiger partial charge in [0.05, 0.1) is 32.5 Å². The summed E-state index contributed by atoms with van der Waals surface area (Å²) < 4.78 is 73.1. The summed E-state index contributed by atoms with van der Waals surface area (Å²) in [5.74, 6) is -0.781. The molecule has 15 nitrogen and oxygen atoms in total. The maximum atomic E-state index is 14.0. The van der Waals surface area contributed by atoms with Gasteiger partial charge in [-0.05, 0) is 132 Å². The van der Waals surface area contributed by atoms with E-state index < -0.39 is 44.4 Å². The minimum absolute atomic E-state index is 0.00686. The molecule has 2 amide bonds. The Labute approximate surface area is 376 Å². The van der Waals surface area contributed by atoms with Gasteiger partial charge in [-0.15, -0.1) is 0 Å². The topological polar surface area (TPSA) is 175 Å². The van der Waals surface area contributed by atoms with E-state index in [1.807, 2.05) is 18.2 Å². The minimum Gasteiger partial charge on any atom is -0.390 e. The molecule has 1 unspecified atom stereocenters. The summed E-state index contributed by atoms with van der Waals surface area (Å²) in [6.07, 6.45) is 2.21. The van der Waals surface area contributed by atoms with E-state index in [9.17, 15) is 41.1 Å². The first-order valence-electron chi connectivity index (χ1n) is 22.7. The summed E-state index contributed by atoms with van der Waals surface area (Å²) >= 11 is 0. The Kier molecular flexibility index (Phi) is 11.6. The van der Waals surface area contributed by atoms with Gasteiger partial charge >= 0.3 is 11.9 Å². The highest BCUT2D eigenvalue weighted by Crippen LogP contribution is 2.53. The lowest BCUT2D eigenvalue weighted by Gasteiger charge is -2.52. The number of sulfone groups is 1. The van der Waals surface area contributed by atoms with E-state index in [0.717, 1.165) is 75.8 Å². The van der Waals surface area contributed by atoms with Gasteiger partial charge in [0.15, 0.2) is 9.84 Å². The molecule has 4 aromatic rings. The van der Waals surface area contributed by atoms with Gasteiger partial charge in [-0.25, -0.2) is 18.2 Å². The van der Waals surface area contributed by atoms with Crippen LogP contribution < -0.4 is 26.1 Å². The molecule has 1 aliphatic carbocycles. The number of fused-ring (bicyclic) bond motifs is 1. The smallest absolute Gasteiger partial charge is 0.390 e. The number of rotatable bonds is 10. The monoisotopic (exact) mass is 921 g/mol. The van der Waals surface area contributed by atoms with E-state index in [0.29, 0.717) is 48.5 Å². The number of nitrogens with one attached hydrogen (secondary N) is 2. The maximum Gasteiger partial charge on any atom is 0.421 e. The van der Waals surface area contributed by atoms with Crippen molar-refractivity contribution in [2.24, 2.45) is 24.3 Å². The van der Waals surface area contributed by atoms with Crippen LogP contribution in [-0.2, 0) is 32.7 Å². The van der Waals surface area contributed by atoms with Gasteiger partial charge in [0.2, 0.25) is 17.8 Å². The molecule has 1 spiro atoms. The molecule has 4 saturated heterocycles. The zero-order valence-corrected chi connectivity index (χ0v) is 38.1. The normalized spacial score (nSPS) is 22.8. The summed E-state index contributed by atoms with van der Waals surface area (Å²) in [6, 6.07) is 9.85. The van der Waals surface area contributed by atoms with Crippen molar-refractivity contribution >= 4 is 55.8 Å². The molecule has 350 valence electrons. The molecule has 9 rings (SSSR count). The molecule has 5 aliphatic rings. The van der Waals surface area contributed by atoms with Gasteiger partial charge in [0, 0.05) is 64.0 Å². The van der Waals surface area contributed by atoms with Crippen LogP contribution in [0.15, 0.2) is 52.3 Å². The van der Waals surface area contributed by atoms with Crippen LogP contribution in [0.1, 0.15) is 88.8 Å². The number of imidazole rings is 1. The molecule has 19 heteroatoms. The zero-order valence-electron chi connectivity index (χ0n) is 37.3. The van der Waals surface area contributed by atoms with E-state index in [2.05, 4.69) is 30.4 Å². The summed E-state index contributed by atoms with van der Waals surface area (Å²) in [7, 11) is -1.89. The number of anilines is 4. The number of para-hydroxylation sites is 1. The third kappa shape index (κ3) is 8.63. The molecule has 0 bridgehead atoms. The van der Waals surface area contributed by atoms with Gasteiger partial charge in [0.25, 0.3) is 0 Å². The molecule has 5 fully saturated rings. The van der Waals surface area contributed by atoms with Crippen molar-refractivity contribution in [1.29, 1.82) is 0 Å². The van der Waals surface area contributed by atoms with Crippen molar-refractivity contribution in [1.82, 2.24) is 29.3 Å². The number of imide groups is 1. The highest BCUT2D eigenvalue weighted by molar-refractivity contribution is 7.92. The number of halogens is 3. The van der Waals surface area contributed by atoms with Gasteiger partial charge in [-0.3, -0.25) is 24.0 Å². The number of amides is 2. The van der Waals surface area contributed by atoms with E-state index in [1.54, 1.807) is 50.6 Å². The number of nitrogens with zero attached hydrogens (tertiary/aromatic N) is 7. The Morgan fingerprint density at radius 1 is 0.954 bits per heavy atom. The number of piperidine rings is 3. The molecular formula is C46H58F3N9O6S. The molecule has 3 N–H and O–H groups in total. The second-order valence-corrected chi connectivity index (χ2v) is 22.0. The van der Waals surface area contributed by atoms with Crippen LogP contribution in [0.25, 0.3) is 11.0 Å². The predicted molar refractivity (Wildman–Crippen MR) is 240 cm³/mol. The van der Waals surface area contributed by atoms with Crippen LogP contribution in [0.3, 0.4) is 0 Å². The fourth-order valence-electron chi connectivity index (χ4n) is 11.0. The zero-order chi connectivity index (χ0) is 46.2. The van der Waals surface area contributed by atoms with Crippen LogP contribution in [0, 0.1) is 24.2 Å². The molecular weight excluding hydrogens is 864 g/mol. The molecule has 1 saturated carbocycles. The second-order valence-electron chi connectivity index (χ2n) is 19.7. The van der Waals surface area contributed by atoms with Crippen LogP contribution in [0.5, 0.6) is 0 Å². The van der Waals surface area contributed by atoms with Gasteiger partial charge in [-0.2, -0.15) is 18.2 Å². The minimum atomic E-state index is -4.67. The highest BCUT2D eigenvalue weighted by Gasteiger charge is 2.51. The van der Waals surface area contributed by atoms with Crippen LogP contribution in [-0.4, -0.2) is 106 Å². The average molecular weight is 922 g/mol. The predicted octanol–water partition coefficient (Wildman–Crippen LogP) is 5.71. The van der Waals surface area contributed by atoms with Crippen molar-refractivity contribution in [2.45, 2.75) is 107 Å². The van der Waals surface area contributed by atoms with E-state index in [4.69, 9.17) is 0 Å². The molecule has 2 aromatic heterocycles. The van der Waals surface area contributed by atoms with Crippen molar-refractivity contribution in [3.63, 3.8) is 0 Å². The van der Waals surface area contributed by atoms with Crippen molar-refractivity contribution in [3.8, 4) is 0 Å². The summed E-state index contributed by atoms with van der Waals surface area (Å²) in [6.45, 7) is 10.1. The SMILES string of the molecule is Cc1cc(S(=O)(=O)C2CC3(CCN(CC4CCN(c5cccc6c5n(C)c(=O)n6C5CCC(=O)NC5=O)CC4)CC3)C2)ccc1Nc1ncc(C(F)(F)F)c(N2CC[C@@H](C(C)(C)O)C2)n1. The molecule has 2 aromatic carbocycles. The lowest BCUT2D eigenvalue weighted by molar-refractivity contribution is -0.138. The lowest BCUT2D eigenvalue weighted by Crippen LogP contribution is -2.52. The van der Waals surface area contributed by atoms with Crippen molar-refractivity contribution in [3.05, 3.63) is 64.2 Å². The van der Waals surface area contributed by atoms with Crippen LogP contribution in [0.4, 0.5) is 36.3 Å². The number of aryl methyl sites for hydroxylation is 2. The number of alkyl halides is 3. The number of aliphatic hydroxyl groups is 1. The fraction of sp³-hybridized carbons (Fsp3) is 0.587. The molecule has 6 heterocycles. The Bertz CT molecular complexity index is 2670. The third-order valence-corrected chi connectivity index (χ3v) is 17.2. The van der Waals surface area contributed by atoms with Gasteiger partial charge in [0.1, 0.15) is 17.4 Å². The second kappa shape index (κ2) is 16.7. The quantitative estimate of drug-likeness (QED) is 0.166. The summed E-state index contributed by atoms with van der Waals surface area (Å²) in [5, 5.41) is 15.4. The Hall–Kier alpha value is -5.01. The number of benzene rings is 2. The number of aromatic nitrogens is 4. The van der Waals surface area contributed by atoms with Crippen LogP contribution in [0.2, 0.25) is 0 Å². The Morgan fingerprint density at radius 3 is 2.31 bits per heavy atom. The van der Waals surface area contributed by atoms with E-state index in [1.165, 1.54) is 9.47 Å². The van der Waals surface area contributed by atoms with Crippen LogP contribution >= 0.6 is 0 Å². The molecule has 4 aliphatic heterocycles. The third-order valence-electron chi connectivity index (χ3n) is 15.1. The number of likely N-dealkylation sites (tertiary alicyclic amines) is 1.